The van der Waals surface area contributed by atoms with Crippen LogP contribution in [0.3, 0.4) is 0 Å². The molecule has 0 radical (unpaired) electrons. The minimum Gasteiger partial charge on any atom is -0.399 e. The van der Waals surface area contributed by atoms with Gasteiger partial charge < -0.3 is 19.1 Å². The van der Waals surface area contributed by atoms with Crippen LogP contribution in [0.2, 0.25) is 0 Å². The molecule has 2 amide bonds. The first-order valence-corrected chi connectivity index (χ1v) is 12.8. The highest BCUT2D eigenvalue weighted by atomic mass is 16.7. The summed E-state index contributed by atoms with van der Waals surface area (Å²) < 4.78 is 13.2. The highest BCUT2D eigenvalue weighted by Gasteiger charge is 2.58. The van der Waals surface area contributed by atoms with Gasteiger partial charge in [0.2, 0.25) is 5.91 Å². The molecule has 180 valence electrons. The molecular weight excluding hydrogens is 415 g/mol. The Morgan fingerprint density at radius 3 is 2.18 bits per heavy atom. The van der Waals surface area contributed by atoms with E-state index in [1.165, 1.54) is 0 Å². The van der Waals surface area contributed by atoms with Crippen LogP contribution < -0.4 is 5.46 Å². The molecule has 1 aromatic carbocycles. The lowest BCUT2D eigenvalue weighted by molar-refractivity contribution is -0.139. The van der Waals surface area contributed by atoms with Crippen LogP contribution >= 0.6 is 0 Å². The summed E-state index contributed by atoms with van der Waals surface area (Å²) in [5.41, 5.74) is 0.804. The third kappa shape index (κ3) is 4.23. The lowest BCUT2D eigenvalue weighted by atomic mass is 9.75. The van der Waals surface area contributed by atoms with Gasteiger partial charge in [0.1, 0.15) is 6.04 Å². The number of benzene rings is 1. The van der Waals surface area contributed by atoms with Gasteiger partial charge in [-0.2, -0.15) is 0 Å². The van der Waals surface area contributed by atoms with E-state index >= 15 is 0 Å². The summed E-state index contributed by atoms with van der Waals surface area (Å²) in [5, 5.41) is 0. The van der Waals surface area contributed by atoms with E-state index in [1.54, 1.807) is 9.80 Å². The van der Waals surface area contributed by atoms with Gasteiger partial charge in [-0.25, -0.2) is 0 Å². The Kier molecular flexibility index (Phi) is 6.93. The molecule has 4 rings (SSSR count). The quantitative estimate of drug-likeness (QED) is 0.563. The first-order valence-electron chi connectivity index (χ1n) is 12.8. The number of hydrogen-bond donors (Lipinski definition) is 0. The second-order valence-corrected chi connectivity index (χ2v) is 10.0. The number of hydrogen-bond acceptors (Lipinski definition) is 4. The Morgan fingerprint density at radius 2 is 1.64 bits per heavy atom. The Labute approximate surface area is 199 Å². The van der Waals surface area contributed by atoms with Gasteiger partial charge in [-0.05, 0) is 55.6 Å². The van der Waals surface area contributed by atoms with Gasteiger partial charge in [0.15, 0.2) is 0 Å². The summed E-state index contributed by atoms with van der Waals surface area (Å²) >= 11 is 0. The molecule has 2 heterocycles. The molecule has 2 aliphatic heterocycles. The Balaban J connectivity index is 1.59. The molecule has 2 saturated heterocycles. The third-order valence-electron chi connectivity index (χ3n) is 8.41. The first kappa shape index (κ1) is 24.3. The lowest BCUT2D eigenvalue weighted by Gasteiger charge is -2.42. The van der Waals surface area contributed by atoms with Crippen LogP contribution in [-0.4, -0.2) is 66.1 Å². The second kappa shape index (κ2) is 9.42. The number of carbonyl (C=O) groups is 2. The van der Waals surface area contributed by atoms with Crippen LogP contribution in [0, 0.1) is 5.92 Å². The molecule has 0 aromatic heterocycles. The molecule has 3 aliphatic rings. The number of amides is 2. The number of rotatable bonds is 8. The normalized spacial score (nSPS) is 24.5. The molecule has 33 heavy (non-hydrogen) atoms. The minimum atomic E-state index is -0.492. The van der Waals surface area contributed by atoms with E-state index in [1.807, 2.05) is 31.3 Å². The van der Waals surface area contributed by atoms with Crippen molar-refractivity contribution >= 4 is 24.4 Å². The van der Waals surface area contributed by atoms with Gasteiger partial charge >= 0.3 is 7.12 Å². The van der Waals surface area contributed by atoms with Crippen molar-refractivity contribution in [2.75, 3.05) is 20.1 Å². The molecule has 1 aliphatic carbocycles. The fourth-order valence-corrected chi connectivity index (χ4v) is 5.94. The van der Waals surface area contributed by atoms with E-state index in [0.29, 0.717) is 24.6 Å². The summed E-state index contributed by atoms with van der Waals surface area (Å²) in [6.45, 7) is 9.81. The van der Waals surface area contributed by atoms with E-state index in [-0.39, 0.29) is 29.1 Å². The predicted octanol–water partition coefficient (Wildman–Crippen LogP) is 3.63. The highest BCUT2D eigenvalue weighted by Crippen LogP contribution is 2.46. The van der Waals surface area contributed by atoms with Gasteiger partial charge in [0.25, 0.3) is 5.91 Å². The summed E-state index contributed by atoms with van der Waals surface area (Å²) in [4.78, 5) is 30.0. The topological polar surface area (TPSA) is 59.1 Å². The van der Waals surface area contributed by atoms with Crippen LogP contribution in [0.25, 0.3) is 0 Å². The molecule has 6 nitrogen and oxygen atoms in total. The maximum atomic E-state index is 13.6. The van der Waals surface area contributed by atoms with Crippen molar-refractivity contribution in [2.24, 2.45) is 5.92 Å². The number of nitrogens with zero attached hydrogens (tertiary/aromatic N) is 2. The van der Waals surface area contributed by atoms with Gasteiger partial charge in [-0.15, -0.1) is 0 Å². The van der Waals surface area contributed by atoms with Crippen LogP contribution in [-0.2, 0) is 14.1 Å². The molecule has 0 spiro atoms. The summed E-state index contributed by atoms with van der Waals surface area (Å²) in [7, 11) is 1.34. The predicted molar refractivity (Wildman–Crippen MR) is 130 cm³/mol. The Hall–Kier alpha value is -1.86. The molecule has 0 N–H and O–H groups in total. The molecule has 1 saturated carbocycles. The van der Waals surface area contributed by atoms with Crippen molar-refractivity contribution in [1.29, 1.82) is 0 Å². The summed E-state index contributed by atoms with van der Waals surface area (Å²) in [6, 6.07) is 7.28. The molecule has 0 bridgehead atoms. The average molecular weight is 454 g/mol. The average Bonchev–Trinajstić information content (AvgIpc) is 3.60. The van der Waals surface area contributed by atoms with E-state index in [0.717, 1.165) is 50.4 Å². The van der Waals surface area contributed by atoms with E-state index in [4.69, 9.17) is 9.31 Å². The fraction of sp³-hybridized carbons (Fsp3) is 0.692. The summed E-state index contributed by atoms with van der Waals surface area (Å²) in [6.07, 6.45) is 6.62. The monoisotopic (exact) mass is 454 g/mol. The standard InChI is InChI=1S/C26H39BN2O4/c1-6-25(7-2)26(8-3,9-4)33-27(32-25)21-12-10-11-20(18-21)23(30)29-16-15-28(5)24(31)22(29)17-19-13-14-19/h10-12,18-19,22H,6-9,13-17H2,1-5H3/t22-/m1/s1. The van der Waals surface area contributed by atoms with Crippen LogP contribution in [0.1, 0.15) is 83.0 Å². The molecule has 3 fully saturated rings. The van der Waals surface area contributed by atoms with Crippen molar-refractivity contribution in [2.45, 2.75) is 89.9 Å². The SMILES string of the molecule is CCC1(CC)OB(c2cccc(C(=O)N3CCN(C)C(=O)[C@H]3CC3CC3)c2)OC1(CC)CC. The Bertz CT molecular complexity index is 859. The zero-order chi connectivity index (χ0) is 23.8. The Morgan fingerprint density at radius 1 is 1.03 bits per heavy atom. The maximum absolute atomic E-state index is 13.6. The van der Waals surface area contributed by atoms with Crippen molar-refractivity contribution in [3.63, 3.8) is 0 Å². The third-order valence-corrected chi connectivity index (χ3v) is 8.41. The minimum absolute atomic E-state index is 0.0615. The van der Waals surface area contributed by atoms with Crippen molar-refractivity contribution in [3.8, 4) is 0 Å². The van der Waals surface area contributed by atoms with Crippen LogP contribution in [0.15, 0.2) is 24.3 Å². The van der Waals surface area contributed by atoms with E-state index < -0.39 is 7.12 Å². The lowest BCUT2D eigenvalue weighted by Crippen LogP contribution is -2.57. The fourth-order valence-electron chi connectivity index (χ4n) is 5.94. The molecule has 0 unspecified atom stereocenters. The zero-order valence-electron chi connectivity index (χ0n) is 20.9. The zero-order valence-corrected chi connectivity index (χ0v) is 20.9. The number of carbonyl (C=O) groups excluding carboxylic acids is 2. The van der Waals surface area contributed by atoms with Crippen molar-refractivity contribution < 1.29 is 18.9 Å². The second-order valence-electron chi connectivity index (χ2n) is 10.0. The van der Waals surface area contributed by atoms with Gasteiger partial charge in [-0.3, -0.25) is 9.59 Å². The highest BCUT2D eigenvalue weighted by molar-refractivity contribution is 6.62. The first-order chi connectivity index (χ1) is 15.8. The van der Waals surface area contributed by atoms with Gasteiger partial charge in [0, 0.05) is 25.7 Å². The molecule has 1 aromatic rings. The number of likely N-dealkylation sites (N-methyl/N-ethyl adjacent to an activating group) is 1. The smallest absolute Gasteiger partial charge is 0.399 e. The molecule has 1 atom stereocenters. The summed E-state index contributed by atoms with van der Waals surface area (Å²) in [5.74, 6) is 0.558. The van der Waals surface area contributed by atoms with Crippen LogP contribution in [0.5, 0.6) is 0 Å². The van der Waals surface area contributed by atoms with Crippen molar-refractivity contribution in [1.82, 2.24) is 9.80 Å². The van der Waals surface area contributed by atoms with Crippen molar-refractivity contribution in [3.05, 3.63) is 29.8 Å². The molecular formula is C26H39BN2O4. The largest absolute Gasteiger partial charge is 0.494 e. The maximum Gasteiger partial charge on any atom is 0.494 e. The van der Waals surface area contributed by atoms with Gasteiger partial charge in [-0.1, -0.05) is 52.7 Å². The van der Waals surface area contributed by atoms with Crippen LogP contribution in [0.4, 0.5) is 0 Å². The van der Waals surface area contributed by atoms with Gasteiger partial charge in [0.05, 0.1) is 11.2 Å². The number of piperazine rings is 1. The van der Waals surface area contributed by atoms with E-state index in [2.05, 4.69) is 27.7 Å². The van der Waals surface area contributed by atoms with E-state index in [9.17, 15) is 9.59 Å². The molecule has 7 heteroatoms.